The molecule has 1 atom stereocenters. The molecule has 0 fully saturated rings. The SMILES string of the molecule is [B]C1(O)COc2ccc(Br)c(Cl)c21. The third kappa shape index (κ3) is 1.37. The number of hydrogen-bond acceptors (Lipinski definition) is 2. The van der Waals surface area contributed by atoms with Crippen molar-refractivity contribution in [3.63, 3.8) is 0 Å². The Hall–Kier alpha value is -0.185. The maximum atomic E-state index is 9.70. The summed E-state index contributed by atoms with van der Waals surface area (Å²) in [5.74, 6) is 0.540. The van der Waals surface area contributed by atoms with Crippen LogP contribution in [0.4, 0.5) is 0 Å². The maximum absolute atomic E-state index is 9.70. The van der Waals surface area contributed by atoms with Gasteiger partial charge in [-0.05, 0) is 28.1 Å². The van der Waals surface area contributed by atoms with Crippen molar-refractivity contribution in [3.05, 3.63) is 27.2 Å². The molecule has 1 aromatic carbocycles. The first-order valence-corrected chi connectivity index (χ1v) is 4.82. The monoisotopic (exact) mass is 258 g/mol. The van der Waals surface area contributed by atoms with E-state index in [1.54, 1.807) is 12.1 Å². The van der Waals surface area contributed by atoms with E-state index in [4.69, 9.17) is 24.2 Å². The van der Waals surface area contributed by atoms with Crippen molar-refractivity contribution < 1.29 is 9.84 Å². The van der Waals surface area contributed by atoms with Crippen molar-refractivity contribution in [1.29, 1.82) is 0 Å². The van der Waals surface area contributed by atoms with E-state index in [9.17, 15) is 5.11 Å². The molecule has 2 nitrogen and oxygen atoms in total. The second-order valence-corrected chi connectivity index (χ2v) is 4.18. The van der Waals surface area contributed by atoms with Gasteiger partial charge in [-0.3, -0.25) is 0 Å². The van der Waals surface area contributed by atoms with Crippen molar-refractivity contribution in [2.75, 3.05) is 6.61 Å². The number of rotatable bonds is 0. The minimum Gasteiger partial charge on any atom is -0.491 e. The Kier molecular flexibility index (Phi) is 2.09. The Bertz CT molecular complexity index is 367. The van der Waals surface area contributed by atoms with Gasteiger partial charge in [0.2, 0.25) is 0 Å². The van der Waals surface area contributed by atoms with Gasteiger partial charge in [0.15, 0.2) is 0 Å². The zero-order valence-electron chi connectivity index (χ0n) is 6.55. The first kappa shape index (κ1) is 9.37. The molecular weight excluding hydrogens is 254 g/mol. The molecule has 0 spiro atoms. The van der Waals surface area contributed by atoms with Crippen molar-refractivity contribution in [2.45, 2.75) is 5.50 Å². The minimum atomic E-state index is -1.48. The summed E-state index contributed by atoms with van der Waals surface area (Å²) in [5.41, 5.74) is -1.03. The maximum Gasteiger partial charge on any atom is 0.126 e. The van der Waals surface area contributed by atoms with Crippen LogP contribution in [0.25, 0.3) is 0 Å². The van der Waals surface area contributed by atoms with Crippen molar-refractivity contribution in [1.82, 2.24) is 0 Å². The van der Waals surface area contributed by atoms with Gasteiger partial charge in [0.25, 0.3) is 0 Å². The highest BCUT2D eigenvalue weighted by Gasteiger charge is 2.36. The smallest absolute Gasteiger partial charge is 0.126 e. The van der Waals surface area contributed by atoms with Crippen molar-refractivity contribution >= 4 is 35.4 Å². The number of benzene rings is 1. The van der Waals surface area contributed by atoms with E-state index in [1.807, 2.05) is 0 Å². The summed E-state index contributed by atoms with van der Waals surface area (Å²) in [5, 5.41) is 10.1. The molecule has 0 amide bonds. The molecule has 13 heavy (non-hydrogen) atoms. The van der Waals surface area contributed by atoms with Crippen LogP contribution in [0.1, 0.15) is 5.56 Å². The molecule has 0 aliphatic carbocycles. The fourth-order valence-corrected chi connectivity index (χ4v) is 1.97. The Morgan fingerprint density at radius 2 is 2.31 bits per heavy atom. The third-order valence-corrected chi connectivity index (χ3v) is 3.22. The third-order valence-electron chi connectivity index (χ3n) is 1.94. The second-order valence-electron chi connectivity index (χ2n) is 2.95. The molecule has 5 heteroatoms. The molecule has 1 aromatic rings. The molecule has 1 heterocycles. The molecule has 2 radical (unpaired) electrons. The number of halogens is 2. The molecule has 0 saturated carbocycles. The molecule has 2 rings (SSSR count). The Labute approximate surface area is 90.4 Å². The highest BCUT2D eigenvalue weighted by Crippen LogP contribution is 2.42. The fourth-order valence-electron chi connectivity index (χ4n) is 1.32. The van der Waals surface area contributed by atoms with Crippen molar-refractivity contribution in [2.24, 2.45) is 0 Å². The first-order chi connectivity index (χ1) is 6.02. The Morgan fingerprint density at radius 3 is 3.00 bits per heavy atom. The van der Waals surface area contributed by atoms with Gasteiger partial charge in [-0.25, -0.2) is 0 Å². The van der Waals surface area contributed by atoms with Gasteiger partial charge in [0, 0.05) is 10.0 Å². The van der Waals surface area contributed by atoms with Gasteiger partial charge >= 0.3 is 0 Å². The average molecular weight is 259 g/mol. The quantitative estimate of drug-likeness (QED) is 0.720. The van der Waals surface area contributed by atoms with E-state index in [0.29, 0.717) is 20.8 Å². The van der Waals surface area contributed by atoms with Crippen LogP contribution >= 0.6 is 27.5 Å². The van der Waals surface area contributed by atoms with E-state index >= 15 is 0 Å². The molecule has 66 valence electrons. The fraction of sp³-hybridized carbons (Fsp3) is 0.250. The Balaban J connectivity index is 2.68. The first-order valence-electron chi connectivity index (χ1n) is 3.65. The van der Waals surface area contributed by atoms with Crippen LogP contribution in [0.3, 0.4) is 0 Å². The van der Waals surface area contributed by atoms with Gasteiger partial charge < -0.3 is 9.84 Å². The second kappa shape index (κ2) is 2.90. The standard InChI is InChI=1S/C8H5BBrClO2/c9-8(12)3-13-5-2-1-4(10)7(11)6(5)8/h1-2,12H,3H2. The summed E-state index contributed by atoms with van der Waals surface area (Å²) in [7, 11) is 5.58. The number of aliphatic hydroxyl groups is 1. The average Bonchev–Trinajstić information content (AvgIpc) is 2.35. The Morgan fingerprint density at radius 1 is 1.62 bits per heavy atom. The van der Waals surface area contributed by atoms with E-state index in [0.717, 1.165) is 0 Å². The largest absolute Gasteiger partial charge is 0.491 e. The summed E-state index contributed by atoms with van der Waals surface area (Å²) < 4.78 is 5.87. The van der Waals surface area contributed by atoms with E-state index in [-0.39, 0.29) is 6.61 Å². The molecule has 1 aliphatic rings. The molecule has 0 aromatic heterocycles. The minimum absolute atomic E-state index is 0.0402. The molecule has 1 unspecified atom stereocenters. The lowest BCUT2D eigenvalue weighted by molar-refractivity contribution is 0.0970. The summed E-state index contributed by atoms with van der Waals surface area (Å²) in [6.45, 7) is 0.0402. The highest BCUT2D eigenvalue weighted by atomic mass is 79.9. The number of ether oxygens (including phenoxy) is 1. The van der Waals surface area contributed by atoms with Crippen molar-refractivity contribution in [3.8, 4) is 5.75 Å². The lowest BCUT2D eigenvalue weighted by atomic mass is 9.77. The van der Waals surface area contributed by atoms with Crippen LogP contribution in [-0.2, 0) is 5.50 Å². The summed E-state index contributed by atoms with van der Waals surface area (Å²) in [6.07, 6.45) is 0. The predicted molar refractivity (Wildman–Crippen MR) is 54.3 cm³/mol. The van der Waals surface area contributed by atoms with Crippen LogP contribution in [0.2, 0.25) is 5.02 Å². The topological polar surface area (TPSA) is 29.5 Å². The normalized spacial score (nSPS) is 25.5. The predicted octanol–water partition coefficient (Wildman–Crippen LogP) is 1.81. The zero-order valence-corrected chi connectivity index (χ0v) is 8.89. The lowest BCUT2D eigenvalue weighted by Gasteiger charge is -2.16. The van der Waals surface area contributed by atoms with Crippen LogP contribution in [-0.4, -0.2) is 19.6 Å². The molecule has 1 N–H and O–H groups in total. The number of fused-ring (bicyclic) bond motifs is 1. The summed E-state index contributed by atoms with van der Waals surface area (Å²) in [6, 6.07) is 3.47. The number of hydrogen-bond donors (Lipinski definition) is 1. The van der Waals surface area contributed by atoms with E-state index in [2.05, 4.69) is 15.9 Å². The molecule has 0 bridgehead atoms. The molecule has 1 aliphatic heterocycles. The van der Waals surface area contributed by atoms with Crippen LogP contribution in [0.5, 0.6) is 5.75 Å². The van der Waals surface area contributed by atoms with Gasteiger partial charge in [0.05, 0.1) is 10.5 Å². The van der Waals surface area contributed by atoms with E-state index < -0.39 is 5.50 Å². The summed E-state index contributed by atoms with van der Waals surface area (Å²) in [4.78, 5) is 0. The van der Waals surface area contributed by atoms with Gasteiger partial charge in [-0.2, -0.15) is 0 Å². The molecule has 0 saturated heterocycles. The molecular formula is C8H5BBrClO2. The van der Waals surface area contributed by atoms with Crippen LogP contribution in [0.15, 0.2) is 16.6 Å². The lowest BCUT2D eigenvalue weighted by Crippen LogP contribution is -2.27. The van der Waals surface area contributed by atoms with Gasteiger partial charge in [-0.15, -0.1) is 0 Å². The van der Waals surface area contributed by atoms with Gasteiger partial charge in [-0.1, -0.05) is 11.6 Å². The highest BCUT2D eigenvalue weighted by molar-refractivity contribution is 9.10. The summed E-state index contributed by atoms with van der Waals surface area (Å²) >= 11 is 9.20. The van der Waals surface area contributed by atoms with Crippen LogP contribution < -0.4 is 4.74 Å². The van der Waals surface area contributed by atoms with Crippen LogP contribution in [0, 0.1) is 0 Å². The van der Waals surface area contributed by atoms with E-state index in [1.165, 1.54) is 0 Å². The van der Waals surface area contributed by atoms with Gasteiger partial charge in [0.1, 0.15) is 20.2 Å². The zero-order chi connectivity index (χ0) is 9.64.